The number of carbonyl (C=O) groups is 1. The third kappa shape index (κ3) is 1.54. The van der Waals surface area contributed by atoms with Gasteiger partial charge in [0.1, 0.15) is 0 Å². The Morgan fingerprint density at radius 2 is 2.36 bits per heavy atom. The molecular formula is C9H6ClNO2S. The van der Waals surface area contributed by atoms with Crippen LogP contribution in [0.25, 0.3) is 10.6 Å². The van der Waals surface area contributed by atoms with Crippen LogP contribution in [0.1, 0.15) is 10.4 Å². The molecule has 0 saturated heterocycles. The molecule has 2 N–H and O–H groups in total. The quantitative estimate of drug-likeness (QED) is 0.828. The third-order valence-corrected chi connectivity index (χ3v) is 3.09. The third-order valence-electron chi connectivity index (χ3n) is 1.79. The molecule has 3 nitrogen and oxygen atoms in total. The van der Waals surface area contributed by atoms with Gasteiger partial charge in [-0.15, -0.1) is 11.3 Å². The van der Waals surface area contributed by atoms with Crippen LogP contribution in [0, 0.1) is 0 Å². The predicted molar refractivity (Wildman–Crippen MR) is 56.1 cm³/mol. The summed E-state index contributed by atoms with van der Waals surface area (Å²) in [5, 5.41) is 11.3. The zero-order chi connectivity index (χ0) is 10.1. The van der Waals surface area contributed by atoms with E-state index in [1.165, 1.54) is 17.4 Å². The summed E-state index contributed by atoms with van der Waals surface area (Å²) < 4.78 is 0. The maximum atomic E-state index is 10.8. The molecule has 72 valence electrons. The molecule has 0 unspecified atom stereocenters. The Balaban J connectivity index is 2.51. The van der Waals surface area contributed by atoms with Gasteiger partial charge >= 0.3 is 5.97 Å². The topological polar surface area (TPSA) is 53.1 Å². The maximum Gasteiger partial charge on any atom is 0.337 e. The van der Waals surface area contributed by atoms with E-state index in [2.05, 4.69) is 4.98 Å². The van der Waals surface area contributed by atoms with Crippen molar-refractivity contribution in [3.05, 3.63) is 34.3 Å². The molecule has 2 rings (SSSR count). The average molecular weight is 228 g/mol. The van der Waals surface area contributed by atoms with E-state index in [1.807, 2.05) is 0 Å². The Hall–Kier alpha value is -1.26. The molecule has 0 radical (unpaired) electrons. The molecule has 0 aliphatic heterocycles. The second-order valence-corrected chi connectivity index (χ2v) is 4.05. The maximum absolute atomic E-state index is 10.8. The van der Waals surface area contributed by atoms with Crippen LogP contribution in [-0.2, 0) is 0 Å². The van der Waals surface area contributed by atoms with Crippen molar-refractivity contribution in [3.63, 3.8) is 0 Å². The molecular weight excluding hydrogens is 222 g/mol. The summed E-state index contributed by atoms with van der Waals surface area (Å²) in [7, 11) is 0. The Morgan fingerprint density at radius 3 is 2.93 bits per heavy atom. The standard InChI is InChI=1S/C9H6ClNO2S/c10-5-3-7(14-4-5)8-6(9(12)13)1-2-11-8/h1-4,11H,(H,12,13). The lowest BCUT2D eigenvalue weighted by molar-refractivity contribution is 0.0698. The van der Waals surface area contributed by atoms with Crippen LogP contribution in [0.4, 0.5) is 0 Å². The SMILES string of the molecule is O=C(O)c1cc[nH]c1-c1cc(Cl)cs1. The van der Waals surface area contributed by atoms with E-state index < -0.39 is 5.97 Å². The van der Waals surface area contributed by atoms with E-state index in [-0.39, 0.29) is 5.56 Å². The number of aromatic carboxylic acids is 1. The fourth-order valence-electron chi connectivity index (χ4n) is 1.20. The number of hydrogen-bond donors (Lipinski definition) is 2. The molecule has 0 saturated carbocycles. The van der Waals surface area contributed by atoms with Gasteiger partial charge in [-0.1, -0.05) is 11.6 Å². The highest BCUT2D eigenvalue weighted by Gasteiger charge is 2.13. The van der Waals surface area contributed by atoms with Crippen molar-refractivity contribution >= 4 is 28.9 Å². The first-order valence-corrected chi connectivity index (χ1v) is 5.09. The van der Waals surface area contributed by atoms with Crippen LogP contribution in [0.15, 0.2) is 23.7 Å². The number of H-pyrrole nitrogens is 1. The Morgan fingerprint density at radius 1 is 1.57 bits per heavy atom. The highest BCUT2D eigenvalue weighted by atomic mass is 35.5. The summed E-state index contributed by atoms with van der Waals surface area (Å²) in [6.45, 7) is 0. The first-order valence-electron chi connectivity index (χ1n) is 3.83. The van der Waals surface area contributed by atoms with Crippen LogP contribution in [0.2, 0.25) is 5.02 Å². The van der Waals surface area contributed by atoms with Gasteiger partial charge in [0.2, 0.25) is 0 Å². The van der Waals surface area contributed by atoms with E-state index in [4.69, 9.17) is 16.7 Å². The largest absolute Gasteiger partial charge is 0.478 e. The molecule has 0 fully saturated rings. The summed E-state index contributed by atoms with van der Waals surface area (Å²) in [4.78, 5) is 14.5. The second kappa shape index (κ2) is 3.48. The molecule has 14 heavy (non-hydrogen) atoms. The van der Waals surface area contributed by atoms with Gasteiger partial charge in [0.25, 0.3) is 0 Å². The summed E-state index contributed by atoms with van der Waals surface area (Å²) >= 11 is 7.17. The number of halogens is 1. The molecule has 2 aromatic heterocycles. The molecule has 0 bridgehead atoms. The lowest BCUT2D eigenvalue weighted by Gasteiger charge is -1.95. The molecule has 0 aliphatic rings. The number of rotatable bonds is 2. The van der Waals surface area contributed by atoms with Crippen LogP contribution in [-0.4, -0.2) is 16.1 Å². The number of carboxylic acid groups (broad SMARTS) is 1. The summed E-state index contributed by atoms with van der Waals surface area (Å²) in [6.07, 6.45) is 1.60. The monoisotopic (exact) mass is 227 g/mol. The summed E-state index contributed by atoms with van der Waals surface area (Å²) in [6, 6.07) is 3.27. The lowest BCUT2D eigenvalue weighted by Crippen LogP contribution is -1.95. The number of hydrogen-bond acceptors (Lipinski definition) is 2. The van der Waals surface area contributed by atoms with Crippen LogP contribution in [0.3, 0.4) is 0 Å². The van der Waals surface area contributed by atoms with Crippen molar-refractivity contribution in [1.82, 2.24) is 4.98 Å². The molecule has 0 amide bonds. The number of nitrogens with one attached hydrogen (secondary N) is 1. The zero-order valence-corrected chi connectivity index (χ0v) is 8.52. The van der Waals surface area contributed by atoms with E-state index in [1.54, 1.807) is 17.6 Å². The number of aromatic nitrogens is 1. The number of aromatic amines is 1. The average Bonchev–Trinajstić information content (AvgIpc) is 2.70. The van der Waals surface area contributed by atoms with Crippen LogP contribution in [0.5, 0.6) is 0 Å². The van der Waals surface area contributed by atoms with E-state index >= 15 is 0 Å². The van der Waals surface area contributed by atoms with Gasteiger partial charge in [-0.2, -0.15) is 0 Å². The minimum atomic E-state index is -0.939. The lowest BCUT2D eigenvalue weighted by atomic mass is 10.2. The fraction of sp³-hybridized carbons (Fsp3) is 0. The Kier molecular flexibility index (Phi) is 2.31. The van der Waals surface area contributed by atoms with E-state index in [0.717, 1.165) is 4.88 Å². The van der Waals surface area contributed by atoms with E-state index in [0.29, 0.717) is 10.7 Å². The molecule has 0 spiro atoms. The molecule has 0 aromatic carbocycles. The normalized spacial score (nSPS) is 10.4. The van der Waals surface area contributed by atoms with E-state index in [9.17, 15) is 4.79 Å². The van der Waals surface area contributed by atoms with Crippen molar-refractivity contribution in [2.75, 3.05) is 0 Å². The van der Waals surface area contributed by atoms with Gasteiger partial charge < -0.3 is 10.1 Å². The molecule has 0 aliphatic carbocycles. The Labute approximate surface area is 89.0 Å². The van der Waals surface area contributed by atoms with Crippen molar-refractivity contribution in [2.24, 2.45) is 0 Å². The van der Waals surface area contributed by atoms with Crippen LogP contribution < -0.4 is 0 Å². The van der Waals surface area contributed by atoms with Gasteiger partial charge in [-0.25, -0.2) is 4.79 Å². The van der Waals surface area contributed by atoms with Crippen LogP contribution >= 0.6 is 22.9 Å². The van der Waals surface area contributed by atoms with Gasteiger partial charge in [0.05, 0.1) is 21.2 Å². The van der Waals surface area contributed by atoms with Gasteiger partial charge in [0.15, 0.2) is 0 Å². The number of thiophene rings is 1. The molecule has 5 heteroatoms. The summed E-state index contributed by atoms with van der Waals surface area (Å²) in [5.41, 5.74) is 0.873. The smallest absolute Gasteiger partial charge is 0.337 e. The number of carboxylic acids is 1. The highest BCUT2D eigenvalue weighted by molar-refractivity contribution is 7.14. The molecule has 0 atom stereocenters. The highest BCUT2D eigenvalue weighted by Crippen LogP contribution is 2.30. The zero-order valence-electron chi connectivity index (χ0n) is 6.95. The second-order valence-electron chi connectivity index (χ2n) is 2.70. The fourth-order valence-corrected chi connectivity index (χ4v) is 2.29. The summed E-state index contributed by atoms with van der Waals surface area (Å²) in [5.74, 6) is -0.939. The van der Waals surface area contributed by atoms with Crippen molar-refractivity contribution in [3.8, 4) is 10.6 Å². The Bertz CT molecular complexity index is 475. The van der Waals surface area contributed by atoms with Gasteiger partial charge in [0, 0.05) is 11.6 Å². The van der Waals surface area contributed by atoms with Gasteiger partial charge in [-0.05, 0) is 12.1 Å². The first kappa shape index (κ1) is 9.30. The molecule has 2 aromatic rings. The minimum absolute atomic E-state index is 0.267. The van der Waals surface area contributed by atoms with Gasteiger partial charge in [-0.3, -0.25) is 0 Å². The van der Waals surface area contributed by atoms with Crippen molar-refractivity contribution < 1.29 is 9.90 Å². The minimum Gasteiger partial charge on any atom is -0.478 e. The molecule has 2 heterocycles. The predicted octanol–water partition coefficient (Wildman–Crippen LogP) is 3.09. The van der Waals surface area contributed by atoms with Crippen molar-refractivity contribution in [1.29, 1.82) is 0 Å². The first-order chi connectivity index (χ1) is 6.68. The van der Waals surface area contributed by atoms with Crippen molar-refractivity contribution in [2.45, 2.75) is 0 Å².